The molecule has 1 aliphatic rings. The van der Waals surface area contributed by atoms with E-state index in [0.717, 1.165) is 27.8 Å². The van der Waals surface area contributed by atoms with Crippen LogP contribution in [0.5, 0.6) is 5.75 Å². The van der Waals surface area contributed by atoms with Gasteiger partial charge in [0.15, 0.2) is 11.0 Å². The van der Waals surface area contributed by atoms with Gasteiger partial charge in [-0.1, -0.05) is 16.9 Å². The number of nitrogens with zero attached hydrogens (tertiary/aromatic N) is 3. The highest BCUT2D eigenvalue weighted by Crippen LogP contribution is 2.40. The van der Waals surface area contributed by atoms with Crippen LogP contribution in [-0.2, 0) is 0 Å². The Bertz CT molecular complexity index is 824. The first-order valence-corrected chi connectivity index (χ1v) is 8.73. The highest BCUT2D eigenvalue weighted by molar-refractivity contribution is 7.99. The number of fused-ring (bicyclic) bond motifs is 1. The van der Waals surface area contributed by atoms with Crippen LogP contribution in [0, 0.1) is 0 Å². The molecular weight excluding hydrogens is 312 g/mol. The van der Waals surface area contributed by atoms with Gasteiger partial charge in [-0.25, -0.2) is 4.98 Å². The highest BCUT2D eigenvalue weighted by Gasteiger charge is 2.29. The molecule has 4 rings (SSSR count). The van der Waals surface area contributed by atoms with E-state index in [-0.39, 0.29) is 5.25 Å². The van der Waals surface area contributed by atoms with Crippen LogP contribution in [0.15, 0.2) is 27.9 Å². The number of aromatic nitrogens is 4. The van der Waals surface area contributed by atoms with Crippen molar-refractivity contribution in [1.82, 2.24) is 20.1 Å². The van der Waals surface area contributed by atoms with E-state index in [0.29, 0.717) is 18.4 Å². The molecule has 1 saturated carbocycles. The van der Waals surface area contributed by atoms with E-state index in [1.54, 1.807) is 11.8 Å². The average Bonchev–Trinajstić information content (AvgIpc) is 3.12. The van der Waals surface area contributed by atoms with Crippen molar-refractivity contribution >= 4 is 22.8 Å². The molecule has 23 heavy (non-hydrogen) atoms. The van der Waals surface area contributed by atoms with Crippen molar-refractivity contribution in [3.05, 3.63) is 29.9 Å². The molecule has 0 saturated heterocycles. The first-order valence-electron chi connectivity index (χ1n) is 7.85. The van der Waals surface area contributed by atoms with Gasteiger partial charge >= 0.3 is 0 Å². The fraction of sp³-hybridized carbons (Fsp3) is 0.438. The molecule has 1 aromatic carbocycles. The summed E-state index contributed by atoms with van der Waals surface area (Å²) in [4.78, 5) is 12.4. The topological polar surface area (TPSA) is 76.8 Å². The quantitative estimate of drug-likeness (QED) is 0.686. The monoisotopic (exact) mass is 330 g/mol. The third kappa shape index (κ3) is 3.06. The van der Waals surface area contributed by atoms with Gasteiger partial charge in [0.2, 0.25) is 5.89 Å². The number of rotatable bonds is 6. The smallest absolute Gasteiger partial charge is 0.239 e. The van der Waals surface area contributed by atoms with Crippen LogP contribution >= 0.6 is 11.8 Å². The van der Waals surface area contributed by atoms with Crippen LogP contribution < -0.4 is 4.74 Å². The second kappa shape index (κ2) is 5.88. The van der Waals surface area contributed by atoms with Crippen molar-refractivity contribution in [1.29, 1.82) is 0 Å². The summed E-state index contributed by atoms with van der Waals surface area (Å²) in [6.45, 7) is 4.67. The maximum atomic E-state index is 5.52. The molecule has 6 nitrogen and oxygen atoms in total. The van der Waals surface area contributed by atoms with Gasteiger partial charge in [0.1, 0.15) is 5.75 Å². The summed E-state index contributed by atoms with van der Waals surface area (Å²) < 4.78 is 10.9. The summed E-state index contributed by atoms with van der Waals surface area (Å²) in [6.07, 6.45) is 2.35. The lowest BCUT2D eigenvalue weighted by molar-refractivity contribution is 0.340. The third-order valence-corrected chi connectivity index (χ3v) is 4.75. The molecule has 1 aliphatic carbocycles. The van der Waals surface area contributed by atoms with Crippen molar-refractivity contribution in [2.45, 2.75) is 43.0 Å². The van der Waals surface area contributed by atoms with Crippen LogP contribution in [0.2, 0.25) is 0 Å². The molecule has 2 heterocycles. The number of hydrogen-bond donors (Lipinski definition) is 1. The summed E-state index contributed by atoms with van der Waals surface area (Å²) in [7, 11) is 0. The summed E-state index contributed by atoms with van der Waals surface area (Å²) in [5.74, 6) is 2.86. The zero-order valence-electron chi connectivity index (χ0n) is 13.1. The van der Waals surface area contributed by atoms with Crippen molar-refractivity contribution in [2.24, 2.45) is 0 Å². The maximum Gasteiger partial charge on any atom is 0.239 e. The predicted molar refractivity (Wildman–Crippen MR) is 87.8 cm³/mol. The van der Waals surface area contributed by atoms with Crippen molar-refractivity contribution in [2.75, 3.05) is 6.61 Å². The summed E-state index contributed by atoms with van der Waals surface area (Å²) in [5.41, 5.74) is 1.89. The van der Waals surface area contributed by atoms with Crippen molar-refractivity contribution in [3.63, 3.8) is 0 Å². The van der Waals surface area contributed by atoms with E-state index < -0.39 is 0 Å². The van der Waals surface area contributed by atoms with Crippen LogP contribution in [0.25, 0.3) is 11.0 Å². The molecule has 1 fully saturated rings. The average molecular weight is 330 g/mol. The van der Waals surface area contributed by atoms with Crippen molar-refractivity contribution < 1.29 is 9.26 Å². The number of ether oxygens (including phenoxy) is 1. The zero-order valence-corrected chi connectivity index (χ0v) is 13.9. The van der Waals surface area contributed by atoms with E-state index in [1.165, 1.54) is 12.8 Å². The molecular formula is C16H18N4O2S. The lowest BCUT2D eigenvalue weighted by Crippen LogP contribution is -1.90. The number of thioether (sulfide) groups is 1. The van der Waals surface area contributed by atoms with E-state index in [9.17, 15) is 0 Å². The van der Waals surface area contributed by atoms with Crippen LogP contribution in [0.3, 0.4) is 0 Å². The van der Waals surface area contributed by atoms with Gasteiger partial charge in [-0.3, -0.25) is 0 Å². The Labute approximate surface area is 138 Å². The summed E-state index contributed by atoms with van der Waals surface area (Å²) in [5, 5.41) is 4.97. The second-order valence-corrected chi connectivity index (χ2v) is 7.01. The highest BCUT2D eigenvalue weighted by atomic mass is 32.2. The minimum Gasteiger partial charge on any atom is -0.494 e. The number of hydrogen-bond acceptors (Lipinski definition) is 6. The van der Waals surface area contributed by atoms with Gasteiger partial charge in [-0.05, 0) is 38.8 Å². The Morgan fingerprint density at radius 3 is 3.04 bits per heavy atom. The SMILES string of the molecule is CCOc1ccc2nc(SC(C)c3nc(C4CC4)no3)[nH]c2c1. The van der Waals surface area contributed by atoms with E-state index >= 15 is 0 Å². The molecule has 2 aromatic heterocycles. The van der Waals surface area contributed by atoms with Gasteiger partial charge < -0.3 is 14.2 Å². The van der Waals surface area contributed by atoms with Gasteiger partial charge in [0.25, 0.3) is 0 Å². The van der Waals surface area contributed by atoms with E-state index in [4.69, 9.17) is 9.26 Å². The minimum absolute atomic E-state index is 0.0573. The predicted octanol–water partition coefficient (Wildman–Crippen LogP) is 4.08. The normalized spacial score (nSPS) is 15.9. The Morgan fingerprint density at radius 2 is 2.26 bits per heavy atom. The fourth-order valence-electron chi connectivity index (χ4n) is 2.42. The first kappa shape index (κ1) is 14.6. The lowest BCUT2D eigenvalue weighted by atomic mass is 10.3. The number of aromatic amines is 1. The summed E-state index contributed by atoms with van der Waals surface area (Å²) >= 11 is 1.58. The first-order chi connectivity index (χ1) is 11.2. The zero-order chi connectivity index (χ0) is 15.8. The number of benzene rings is 1. The molecule has 0 spiro atoms. The molecule has 3 aromatic rings. The molecule has 0 radical (unpaired) electrons. The Morgan fingerprint density at radius 1 is 1.39 bits per heavy atom. The molecule has 0 amide bonds. The Hall–Kier alpha value is -2.02. The molecule has 0 aliphatic heterocycles. The van der Waals surface area contributed by atoms with E-state index in [1.807, 2.05) is 32.0 Å². The fourth-order valence-corrected chi connectivity index (χ4v) is 3.27. The lowest BCUT2D eigenvalue weighted by Gasteiger charge is -2.02. The van der Waals surface area contributed by atoms with Crippen LogP contribution in [-0.4, -0.2) is 26.7 Å². The molecule has 1 atom stereocenters. The van der Waals surface area contributed by atoms with E-state index in [2.05, 4.69) is 20.1 Å². The molecule has 7 heteroatoms. The Balaban J connectivity index is 1.51. The molecule has 1 N–H and O–H groups in total. The maximum absolute atomic E-state index is 5.52. The van der Waals surface area contributed by atoms with Gasteiger partial charge in [0, 0.05) is 12.0 Å². The second-order valence-electron chi connectivity index (χ2n) is 5.68. The summed E-state index contributed by atoms with van der Waals surface area (Å²) in [6, 6.07) is 5.87. The van der Waals surface area contributed by atoms with Gasteiger partial charge in [-0.2, -0.15) is 4.98 Å². The number of imidazole rings is 1. The molecule has 120 valence electrons. The largest absolute Gasteiger partial charge is 0.494 e. The molecule has 1 unspecified atom stereocenters. The number of nitrogens with one attached hydrogen (secondary N) is 1. The Kier molecular flexibility index (Phi) is 3.72. The number of H-pyrrole nitrogens is 1. The van der Waals surface area contributed by atoms with Gasteiger partial charge in [0.05, 0.1) is 22.9 Å². The van der Waals surface area contributed by atoms with Gasteiger partial charge in [-0.15, -0.1) is 0 Å². The van der Waals surface area contributed by atoms with Crippen molar-refractivity contribution in [3.8, 4) is 5.75 Å². The minimum atomic E-state index is 0.0573. The van der Waals surface area contributed by atoms with Crippen LogP contribution in [0.4, 0.5) is 0 Å². The van der Waals surface area contributed by atoms with Crippen LogP contribution in [0.1, 0.15) is 49.6 Å². The molecule has 0 bridgehead atoms. The standard InChI is InChI=1S/C16H18N4O2S/c1-3-21-11-6-7-12-13(8-11)18-16(17-12)23-9(2)15-19-14(20-22-15)10-4-5-10/h6-10H,3-5H2,1-2H3,(H,17,18). The third-order valence-electron chi connectivity index (χ3n) is 3.78.